The van der Waals surface area contributed by atoms with E-state index in [0.717, 1.165) is 12.1 Å². The van der Waals surface area contributed by atoms with Gasteiger partial charge in [-0.2, -0.15) is 13.2 Å². The van der Waals surface area contributed by atoms with Crippen LogP contribution < -0.4 is 5.32 Å². The molecule has 1 amide bonds. The van der Waals surface area contributed by atoms with Crippen molar-refractivity contribution in [2.45, 2.75) is 24.6 Å². The van der Waals surface area contributed by atoms with Gasteiger partial charge in [-0.3, -0.25) is 4.79 Å². The quantitative estimate of drug-likeness (QED) is 0.761. The molecule has 98 valence electrons. The number of nitrogens with one attached hydrogen (secondary N) is 1. The Balaban J connectivity index is 2.24. The molecule has 1 aliphatic rings. The molecule has 0 unspecified atom stereocenters. The van der Waals surface area contributed by atoms with E-state index in [-0.39, 0.29) is 12.8 Å². The molecule has 4 nitrogen and oxygen atoms in total. The van der Waals surface area contributed by atoms with E-state index in [1.54, 1.807) is 0 Å². The molecule has 0 bridgehead atoms. The molecular weight excluding hydrogens is 251 g/mol. The zero-order valence-corrected chi connectivity index (χ0v) is 9.08. The highest BCUT2D eigenvalue weighted by molar-refractivity contribution is 6.00. The Kier molecular flexibility index (Phi) is 2.64. The molecule has 7 heteroatoms. The summed E-state index contributed by atoms with van der Waals surface area (Å²) >= 11 is 0. The molecule has 3 N–H and O–H groups in total. The first-order valence-electron chi connectivity index (χ1n) is 5.17. The van der Waals surface area contributed by atoms with Crippen LogP contribution in [0, 0.1) is 0 Å². The Bertz CT molecular complexity index is 475. The molecule has 18 heavy (non-hydrogen) atoms. The number of carbonyl (C=O) groups is 1. The van der Waals surface area contributed by atoms with Crippen LogP contribution >= 0.6 is 0 Å². The minimum atomic E-state index is -4.54. The zero-order chi connectivity index (χ0) is 13.6. The third kappa shape index (κ3) is 1.96. The molecule has 1 aliphatic carbocycles. The smallest absolute Gasteiger partial charge is 0.411 e. The molecule has 1 fully saturated rings. The lowest BCUT2D eigenvalue weighted by atomic mass is 10.1. The van der Waals surface area contributed by atoms with Crippen molar-refractivity contribution in [3.63, 3.8) is 0 Å². The molecule has 0 aliphatic heterocycles. The van der Waals surface area contributed by atoms with E-state index in [0.29, 0.717) is 0 Å². The van der Waals surface area contributed by atoms with Crippen LogP contribution in [0.25, 0.3) is 0 Å². The van der Waals surface area contributed by atoms with E-state index in [1.807, 2.05) is 5.32 Å². The number of phenolic OH excluding ortho intramolecular Hbond substituents is 2. The number of benzene rings is 1. The van der Waals surface area contributed by atoms with Gasteiger partial charge < -0.3 is 15.5 Å². The van der Waals surface area contributed by atoms with E-state index in [9.17, 15) is 28.2 Å². The van der Waals surface area contributed by atoms with Crippen LogP contribution in [0.4, 0.5) is 13.2 Å². The monoisotopic (exact) mass is 261 g/mol. The predicted octanol–water partition coefficient (Wildman–Crippen LogP) is 1.92. The highest BCUT2D eigenvalue weighted by atomic mass is 19.4. The van der Waals surface area contributed by atoms with Crippen molar-refractivity contribution in [2.24, 2.45) is 0 Å². The maximum absolute atomic E-state index is 12.6. The lowest BCUT2D eigenvalue weighted by Crippen LogP contribution is -2.47. The normalized spacial score (nSPS) is 17.3. The van der Waals surface area contributed by atoms with Crippen molar-refractivity contribution < 1.29 is 28.2 Å². The van der Waals surface area contributed by atoms with Gasteiger partial charge in [-0.15, -0.1) is 0 Å². The van der Waals surface area contributed by atoms with Crippen LogP contribution in [-0.4, -0.2) is 27.8 Å². The first-order chi connectivity index (χ1) is 8.27. The molecule has 0 saturated heterocycles. The maximum Gasteiger partial charge on any atom is 0.411 e. The Morgan fingerprint density at radius 3 is 2.11 bits per heavy atom. The summed E-state index contributed by atoms with van der Waals surface area (Å²) in [5.41, 5.74) is -2.77. The number of aromatic hydroxyl groups is 2. The summed E-state index contributed by atoms with van der Waals surface area (Å²) in [6.07, 6.45) is -4.93. The van der Waals surface area contributed by atoms with E-state index < -0.39 is 34.7 Å². The van der Waals surface area contributed by atoms with Gasteiger partial charge in [0.15, 0.2) is 0 Å². The minimum absolute atomic E-state index is 0.198. The summed E-state index contributed by atoms with van der Waals surface area (Å²) in [5.74, 6) is -2.27. The molecule has 2 rings (SSSR count). The van der Waals surface area contributed by atoms with Gasteiger partial charge in [0, 0.05) is 0 Å². The largest absolute Gasteiger partial charge is 0.507 e. The van der Waals surface area contributed by atoms with Crippen LogP contribution in [0.1, 0.15) is 23.2 Å². The second-order valence-electron chi connectivity index (χ2n) is 4.21. The fraction of sp³-hybridized carbons (Fsp3) is 0.364. The van der Waals surface area contributed by atoms with Crippen molar-refractivity contribution >= 4 is 5.91 Å². The summed E-state index contributed by atoms with van der Waals surface area (Å²) in [5, 5.41) is 20.6. The van der Waals surface area contributed by atoms with Crippen molar-refractivity contribution in [1.82, 2.24) is 5.32 Å². The number of hydrogen-bond donors (Lipinski definition) is 3. The molecule has 0 atom stereocenters. The van der Waals surface area contributed by atoms with Crippen molar-refractivity contribution in [1.29, 1.82) is 0 Å². The van der Waals surface area contributed by atoms with Crippen molar-refractivity contribution in [2.75, 3.05) is 0 Å². The Labute approximate surface area is 100 Å². The second-order valence-corrected chi connectivity index (χ2v) is 4.21. The van der Waals surface area contributed by atoms with Gasteiger partial charge in [0.25, 0.3) is 5.91 Å². The number of amides is 1. The van der Waals surface area contributed by atoms with Gasteiger partial charge in [-0.05, 0) is 25.0 Å². The maximum atomic E-state index is 12.6. The average molecular weight is 261 g/mol. The Hall–Kier alpha value is -1.92. The fourth-order valence-electron chi connectivity index (χ4n) is 1.65. The average Bonchev–Trinajstić information content (AvgIpc) is 2.97. The number of carbonyl (C=O) groups excluding carboxylic acids is 1. The summed E-state index contributed by atoms with van der Waals surface area (Å²) < 4.78 is 37.9. The lowest BCUT2D eigenvalue weighted by Gasteiger charge is -2.21. The van der Waals surface area contributed by atoms with E-state index in [2.05, 4.69) is 0 Å². The van der Waals surface area contributed by atoms with Crippen LogP contribution in [0.3, 0.4) is 0 Å². The number of phenols is 2. The summed E-state index contributed by atoms with van der Waals surface area (Å²) in [7, 11) is 0. The van der Waals surface area contributed by atoms with Crippen LogP contribution in [-0.2, 0) is 0 Å². The minimum Gasteiger partial charge on any atom is -0.507 e. The first kappa shape index (κ1) is 12.5. The number of halogens is 3. The van der Waals surface area contributed by atoms with Crippen molar-refractivity contribution in [3.05, 3.63) is 23.8 Å². The Morgan fingerprint density at radius 1 is 1.22 bits per heavy atom. The number of hydrogen-bond acceptors (Lipinski definition) is 3. The van der Waals surface area contributed by atoms with E-state index in [4.69, 9.17) is 0 Å². The molecule has 0 spiro atoms. The number of alkyl halides is 3. The van der Waals surface area contributed by atoms with Crippen LogP contribution in [0.15, 0.2) is 18.2 Å². The highest BCUT2D eigenvalue weighted by Gasteiger charge is 2.64. The van der Waals surface area contributed by atoms with Crippen LogP contribution in [0.5, 0.6) is 11.5 Å². The van der Waals surface area contributed by atoms with Gasteiger partial charge in [-0.1, -0.05) is 6.07 Å². The van der Waals surface area contributed by atoms with Gasteiger partial charge in [0.2, 0.25) is 0 Å². The molecular formula is C11H10F3NO3. The standard InChI is InChI=1S/C11H10F3NO3/c12-11(13,14)10(4-5-10)15-9(18)8-6(16)2-1-3-7(8)17/h1-3,16-17H,4-5H2,(H,15,18). The summed E-state index contributed by atoms with van der Waals surface area (Å²) in [6.45, 7) is 0. The molecule has 0 radical (unpaired) electrons. The SMILES string of the molecule is O=C(NC1(C(F)(F)F)CC1)c1c(O)cccc1O. The molecule has 1 aromatic carbocycles. The van der Waals surface area contributed by atoms with Crippen LogP contribution in [0.2, 0.25) is 0 Å². The molecule has 1 saturated carbocycles. The predicted molar refractivity (Wildman–Crippen MR) is 55.3 cm³/mol. The second kappa shape index (κ2) is 3.79. The van der Waals surface area contributed by atoms with E-state index >= 15 is 0 Å². The third-order valence-corrected chi connectivity index (χ3v) is 2.89. The van der Waals surface area contributed by atoms with Gasteiger partial charge in [0.05, 0.1) is 0 Å². The zero-order valence-electron chi connectivity index (χ0n) is 9.08. The third-order valence-electron chi connectivity index (χ3n) is 2.89. The number of rotatable bonds is 2. The van der Waals surface area contributed by atoms with Gasteiger partial charge in [0.1, 0.15) is 22.6 Å². The lowest BCUT2D eigenvalue weighted by molar-refractivity contribution is -0.163. The molecule has 1 aromatic rings. The summed E-state index contributed by atoms with van der Waals surface area (Å²) in [4.78, 5) is 11.7. The highest BCUT2D eigenvalue weighted by Crippen LogP contribution is 2.49. The topological polar surface area (TPSA) is 69.6 Å². The summed E-state index contributed by atoms with van der Waals surface area (Å²) in [6, 6.07) is 3.50. The van der Waals surface area contributed by atoms with Crippen molar-refractivity contribution in [3.8, 4) is 11.5 Å². The first-order valence-corrected chi connectivity index (χ1v) is 5.17. The van der Waals surface area contributed by atoms with Gasteiger partial charge >= 0.3 is 6.18 Å². The Morgan fingerprint density at radius 2 is 1.72 bits per heavy atom. The molecule has 0 heterocycles. The fourth-order valence-corrected chi connectivity index (χ4v) is 1.65. The molecule has 0 aromatic heterocycles. The van der Waals surface area contributed by atoms with Gasteiger partial charge in [-0.25, -0.2) is 0 Å². The van der Waals surface area contributed by atoms with E-state index in [1.165, 1.54) is 6.07 Å².